The summed E-state index contributed by atoms with van der Waals surface area (Å²) < 4.78 is 0. The summed E-state index contributed by atoms with van der Waals surface area (Å²) in [5.74, 6) is -0.177. The summed E-state index contributed by atoms with van der Waals surface area (Å²) >= 11 is 6.17. The summed E-state index contributed by atoms with van der Waals surface area (Å²) in [6, 6.07) is 12.7. The van der Waals surface area contributed by atoms with Gasteiger partial charge >= 0.3 is 0 Å². The fraction of sp³-hybridized carbons (Fsp3) is 0.440. The molecule has 32 heavy (non-hydrogen) atoms. The summed E-state index contributed by atoms with van der Waals surface area (Å²) in [5.41, 5.74) is 2.55. The van der Waals surface area contributed by atoms with Gasteiger partial charge in [-0.15, -0.1) is 0 Å². The number of hydrogen-bond donors (Lipinski definition) is 1. The van der Waals surface area contributed by atoms with Crippen LogP contribution in [0.5, 0.6) is 0 Å². The molecule has 2 rings (SSSR count). The van der Waals surface area contributed by atoms with Crippen molar-refractivity contribution in [3.63, 3.8) is 0 Å². The normalized spacial score (nSPS) is 11.4. The lowest BCUT2D eigenvalue weighted by Crippen LogP contribution is -2.42. The second-order valence-electron chi connectivity index (χ2n) is 9.45. The smallest absolute Gasteiger partial charge is 0.257 e. The van der Waals surface area contributed by atoms with Crippen LogP contribution in [0, 0.1) is 5.41 Å². The van der Waals surface area contributed by atoms with Gasteiger partial charge in [-0.3, -0.25) is 9.59 Å². The Kier molecular flexibility index (Phi) is 8.70. The number of anilines is 2. The first-order chi connectivity index (χ1) is 14.9. The minimum Gasteiger partial charge on any atom is -0.377 e. The summed E-state index contributed by atoms with van der Waals surface area (Å²) in [4.78, 5) is 31.9. The van der Waals surface area contributed by atoms with Crippen molar-refractivity contribution in [1.82, 2.24) is 9.80 Å². The Morgan fingerprint density at radius 1 is 0.969 bits per heavy atom. The fourth-order valence-corrected chi connectivity index (χ4v) is 3.54. The second kappa shape index (κ2) is 10.8. The van der Waals surface area contributed by atoms with Crippen LogP contribution in [-0.2, 0) is 11.3 Å². The summed E-state index contributed by atoms with van der Waals surface area (Å²) in [5, 5.41) is 3.34. The van der Waals surface area contributed by atoms with Crippen molar-refractivity contribution in [2.45, 2.75) is 27.3 Å². The van der Waals surface area contributed by atoms with Gasteiger partial charge in [-0.25, -0.2) is 0 Å². The van der Waals surface area contributed by atoms with Crippen LogP contribution in [0.2, 0.25) is 5.02 Å². The Morgan fingerprint density at radius 3 is 2.19 bits per heavy atom. The average molecular weight is 459 g/mol. The van der Waals surface area contributed by atoms with Gasteiger partial charge in [0.25, 0.3) is 5.91 Å². The average Bonchev–Trinajstić information content (AvgIpc) is 2.69. The van der Waals surface area contributed by atoms with Crippen LogP contribution in [-0.4, -0.2) is 62.9 Å². The van der Waals surface area contributed by atoms with Crippen molar-refractivity contribution in [2.75, 3.05) is 51.5 Å². The van der Waals surface area contributed by atoms with Crippen molar-refractivity contribution in [2.24, 2.45) is 5.41 Å². The second-order valence-corrected chi connectivity index (χ2v) is 9.86. The van der Waals surface area contributed by atoms with Gasteiger partial charge in [-0.05, 0) is 50.0 Å². The van der Waals surface area contributed by atoms with Crippen LogP contribution in [0.3, 0.4) is 0 Å². The number of carbonyl (C=O) groups is 2. The molecule has 174 valence electrons. The van der Waals surface area contributed by atoms with Crippen LogP contribution in [0.15, 0.2) is 42.5 Å². The van der Waals surface area contributed by atoms with Crippen molar-refractivity contribution in [1.29, 1.82) is 0 Å². The van der Waals surface area contributed by atoms with Crippen molar-refractivity contribution < 1.29 is 9.59 Å². The molecule has 6 nitrogen and oxygen atoms in total. The van der Waals surface area contributed by atoms with Gasteiger partial charge in [0.1, 0.15) is 0 Å². The van der Waals surface area contributed by atoms with E-state index in [1.165, 1.54) is 0 Å². The number of carbonyl (C=O) groups excluding carboxylic acids is 2. The Morgan fingerprint density at radius 2 is 1.62 bits per heavy atom. The third-order valence-electron chi connectivity index (χ3n) is 5.04. The molecule has 0 bridgehead atoms. The quantitative estimate of drug-likeness (QED) is 0.628. The molecule has 2 amide bonds. The Labute approximate surface area is 197 Å². The van der Waals surface area contributed by atoms with E-state index >= 15 is 0 Å². The van der Waals surface area contributed by atoms with Crippen LogP contribution in [0.25, 0.3) is 0 Å². The van der Waals surface area contributed by atoms with Crippen LogP contribution >= 0.6 is 11.6 Å². The summed E-state index contributed by atoms with van der Waals surface area (Å²) in [7, 11) is 7.93. The van der Waals surface area contributed by atoms with Gasteiger partial charge in [0.15, 0.2) is 0 Å². The number of nitrogens with zero attached hydrogens (tertiary/aromatic N) is 3. The standard InChI is InChI=1S/C25H35ClN4O2/c1-25(2,3)24(32)30(15-14-28(4)5)17-18-16-19(12-13-22(18)29(6)7)27-23(31)20-10-8-9-11-21(20)26/h8-13,16H,14-15,17H2,1-7H3,(H,27,31). The van der Waals surface area contributed by atoms with Crippen molar-refractivity contribution in [3.8, 4) is 0 Å². The largest absolute Gasteiger partial charge is 0.377 e. The number of benzene rings is 2. The molecule has 0 radical (unpaired) electrons. The highest BCUT2D eigenvalue weighted by Gasteiger charge is 2.28. The molecule has 0 unspecified atom stereocenters. The molecule has 0 saturated carbocycles. The molecule has 0 heterocycles. The topological polar surface area (TPSA) is 55.9 Å². The zero-order valence-electron chi connectivity index (χ0n) is 20.2. The lowest BCUT2D eigenvalue weighted by molar-refractivity contribution is -0.140. The van der Waals surface area contributed by atoms with E-state index in [-0.39, 0.29) is 11.8 Å². The SMILES string of the molecule is CN(C)CCN(Cc1cc(NC(=O)c2ccccc2Cl)ccc1N(C)C)C(=O)C(C)(C)C. The van der Waals surface area contributed by atoms with Gasteiger partial charge in [0.2, 0.25) is 5.91 Å². The molecule has 0 atom stereocenters. The van der Waals surface area contributed by atoms with Crippen LogP contribution < -0.4 is 10.2 Å². The van der Waals surface area contributed by atoms with Gasteiger partial charge in [0, 0.05) is 50.5 Å². The molecule has 0 saturated heterocycles. The Bertz CT molecular complexity index is 951. The first-order valence-corrected chi connectivity index (χ1v) is 11.1. The molecule has 0 spiro atoms. The number of rotatable bonds is 8. The molecule has 0 aliphatic carbocycles. The van der Waals surface area contributed by atoms with Crippen molar-refractivity contribution >= 4 is 34.8 Å². The lowest BCUT2D eigenvalue weighted by Gasteiger charge is -2.32. The minimum absolute atomic E-state index is 0.0922. The predicted molar refractivity (Wildman–Crippen MR) is 134 cm³/mol. The third-order valence-corrected chi connectivity index (χ3v) is 5.37. The van der Waals surface area contributed by atoms with E-state index < -0.39 is 5.41 Å². The highest BCUT2D eigenvalue weighted by atomic mass is 35.5. The van der Waals surface area contributed by atoms with E-state index in [4.69, 9.17) is 11.6 Å². The first-order valence-electron chi connectivity index (χ1n) is 10.7. The molecule has 0 fully saturated rings. The van der Waals surface area contributed by atoms with Gasteiger partial charge in [-0.1, -0.05) is 44.5 Å². The Hall–Kier alpha value is -2.57. The summed E-state index contributed by atoms with van der Waals surface area (Å²) in [6.45, 7) is 7.64. The lowest BCUT2D eigenvalue weighted by atomic mass is 9.94. The number of hydrogen-bond acceptors (Lipinski definition) is 4. The molecule has 7 heteroatoms. The van der Waals surface area contributed by atoms with E-state index in [1.54, 1.807) is 24.3 Å². The minimum atomic E-state index is -0.486. The molecule has 1 N–H and O–H groups in total. The highest BCUT2D eigenvalue weighted by Crippen LogP contribution is 2.27. The van der Waals surface area contributed by atoms with E-state index in [9.17, 15) is 9.59 Å². The fourth-order valence-electron chi connectivity index (χ4n) is 3.32. The predicted octanol–water partition coefficient (Wildman–Crippen LogP) is 4.59. The number of likely N-dealkylation sites (N-methyl/N-ethyl adjacent to an activating group) is 1. The van der Waals surface area contributed by atoms with Crippen LogP contribution in [0.4, 0.5) is 11.4 Å². The van der Waals surface area contributed by atoms with E-state index in [1.807, 2.05) is 77.0 Å². The Balaban J connectivity index is 2.35. The molecule has 0 aliphatic heterocycles. The van der Waals surface area contributed by atoms with Gasteiger partial charge in [-0.2, -0.15) is 0 Å². The first kappa shape index (κ1) is 25.7. The maximum absolute atomic E-state index is 13.2. The zero-order valence-corrected chi connectivity index (χ0v) is 21.0. The number of nitrogens with one attached hydrogen (secondary N) is 1. The number of halogens is 1. The zero-order chi connectivity index (χ0) is 24.1. The molecule has 0 aliphatic rings. The maximum atomic E-state index is 13.2. The van der Waals surface area contributed by atoms with E-state index in [0.717, 1.165) is 17.8 Å². The third kappa shape index (κ3) is 6.97. The number of amides is 2. The molecular weight excluding hydrogens is 424 g/mol. The molecule has 2 aromatic carbocycles. The van der Waals surface area contributed by atoms with Crippen LogP contribution in [0.1, 0.15) is 36.7 Å². The van der Waals surface area contributed by atoms with Gasteiger partial charge in [0.05, 0.1) is 10.6 Å². The van der Waals surface area contributed by atoms with Crippen molar-refractivity contribution in [3.05, 3.63) is 58.6 Å². The van der Waals surface area contributed by atoms with E-state index in [0.29, 0.717) is 29.4 Å². The molecule has 0 aromatic heterocycles. The monoisotopic (exact) mass is 458 g/mol. The van der Waals surface area contributed by atoms with E-state index in [2.05, 4.69) is 10.2 Å². The van der Waals surface area contributed by atoms with Gasteiger partial charge < -0.3 is 20.0 Å². The highest BCUT2D eigenvalue weighted by molar-refractivity contribution is 6.34. The maximum Gasteiger partial charge on any atom is 0.257 e. The molecular formula is C25H35ClN4O2. The molecule has 2 aromatic rings. The summed E-state index contributed by atoms with van der Waals surface area (Å²) in [6.07, 6.45) is 0.